The van der Waals surface area contributed by atoms with E-state index in [9.17, 15) is 31.9 Å². The van der Waals surface area contributed by atoms with Crippen LogP contribution in [0.15, 0.2) is 12.2 Å². The molecular weight excluding hydrogens is 376 g/mol. The molecule has 0 aromatic rings. The number of hydrogen-bond donors (Lipinski definition) is 1. The first-order chi connectivity index (χ1) is 11.9. The summed E-state index contributed by atoms with van der Waals surface area (Å²) < 4.78 is 55.9. The molecule has 0 heterocycles. The molecule has 156 valence electrons. The molecule has 0 aromatic carbocycles. The predicted octanol–water partition coefficient (Wildman–Crippen LogP) is 4.14. The van der Waals surface area contributed by atoms with Crippen LogP contribution in [0.4, 0.5) is 17.6 Å². The molecule has 0 atom stereocenters. The molecule has 0 radical (unpaired) electrons. The van der Waals surface area contributed by atoms with E-state index in [-0.39, 0.29) is 18.4 Å². The van der Waals surface area contributed by atoms with E-state index in [1.165, 1.54) is 6.92 Å². The summed E-state index contributed by atoms with van der Waals surface area (Å²) in [5.74, 6) is -13.8. The Hall–Kier alpha value is -2.13. The smallest absolute Gasteiger partial charge is 0.424 e. The van der Waals surface area contributed by atoms with Gasteiger partial charge in [-0.05, 0) is 19.8 Å². The maximum absolute atomic E-state index is 14.3. The number of alkyl halides is 4. The summed E-state index contributed by atoms with van der Waals surface area (Å²) in [5.41, 5.74) is -4.19. The predicted molar refractivity (Wildman–Crippen MR) is 85.9 cm³/mol. The van der Waals surface area contributed by atoms with Gasteiger partial charge in [0.25, 0.3) is 0 Å². The number of carboxylic acid groups (broad SMARTS) is 1. The molecule has 0 saturated heterocycles. The van der Waals surface area contributed by atoms with Gasteiger partial charge in [0.05, 0.1) is 0 Å². The van der Waals surface area contributed by atoms with Gasteiger partial charge in [0.15, 0.2) is 0 Å². The average Bonchev–Trinajstić information content (AvgIpc) is 2.50. The number of rotatable bonds is 9. The summed E-state index contributed by atoms with van der Waals surface area (Å²) in [6.07, 6.45) is -0.995. The molecule has 0 bridgehead atoms. The molecule has 0 rings (SSSR count). The van der Waals surface area contributed by atoms with Gasteiger partial charge in [-0.2, -0.15) is 17.6 Å². The first-order valence-corrected chi connectivity index (χ1v) is 7.98. The molecule has 0 aromatic heterocycles. The largest absolute Gasteiger partial charge is 0.477 e. The Morgan fingerprint density at radius 3 is 1.67 bits per heavy atom. The van der Waals surface area contributed by atoms with Crippen LogP contribution in [0.25, 0.3) is 0 Å². The van der Waals surface area contributed by atoms with Crippen molar-refractivity contribution in [1.82, 2.24) is 0 Å². The Morgan fingerprint density at radius 2 is 1.30 bits per heavy atom. The standard InChI is InChI=1S/C17H24F4O6/c1-10(2)11(22)26-27-13(25)17(20,21)15(5,6)9-7-8-14(3,4)16(18,19)12(23)24/h1,7-9H2,2-6H3,(H,23,24). The highest BCUT2D eigenvalue weighted by Gasteiger charge is 2.57. The second kappa shape index (κ2) is 8.26. The topological polar surface area (TPSA) is 89.9 Å². The average molecular weight is 400 g/mol. The van der Waals surface area contributed by atoms with Crippen molar-refractivity contribution in [2.45, 2.75) is 65.7 Å². The van der Waals surface area contributed by atoms with Crippen LogP contribution in [0.3, 0.4) is 0 Å². The Balaban J connectivity index is 4.98. The van der Waals surface area contributed by atoms with Gasteiger partial charge in [-0.1, -0.05) is 40.7 Å². The molecule has 0 spiro atoms. The number of carbonyl (C=O) groups is 3. The lowest BCUT2D eigenvalue weighted by atomic mass is 9.75. The van der Waals surface area contributed by atoms with E-state index in [1.54, 1.807) is 0 Å². The van der Waals surface area contributed by atoms with Gasteiger partial charge in [-0.15, -0.1) is 0 Å². The SMILES string of the molecule is C=C(C)C(=O)OOC(=O)C(F)(F)C(C)(C)CCCC(C)(C)C(F)(F)C(=O)O. The van der Waals surface area contributed by atoms with E-state index in [1.807, 2.05) is 0 Å². The Labute approximate surface area is 154 Å². The molecule has 6 nitrogen and oxygen atoms in total. The van der Waals surface area contributed by atoms with Crippen LogP contribution in [-0.4, -0.2) is 34.9 Å². The normalized spacial score (nSPS) is 13.1. The van der Waals surface area contributed by atoms with Gasteiger partial charge in [0.1, 0.15) is 0 Å². The van der Waals surface area contributed by atoms with Crippen LogP contribution in [0.1, 0.15) is 53.9 Å². The van der Waals surface area contributed by atoms with E-state index in [0.717, 1.165) is 27.7 Å². The molecule has 0 amide bonds. The van der Waals surface area contributed by atoms with Crippen molar-refractivity contribution >= 4 is 17.9 Å². The maximum Gasteiger partial charge on any atom is 0.424 e. The summed E-state index contributed by atoms with van der Waals surface area (Å²) in [6.45, 7) is 8.44. The van der Waals surface area contributed by atoms with Crippen LogP contribution in [0, 0.1) is 10.8 Å². The van der Waals surface area contributed by atoms with E-state index in [2.05, 4.69) is 16.4 Å². The lowest BCUT2D eigenvalue weighted by Crippen LogP contribution is -2.46. The first kappa shape index (κ1) is 24.9. The third-order valence-corrected chi connectivity index (χ3v) is 4.37. The van der Waals surface area contributed by atoms with Crippen molar-refractivity contribution in [2.24, 2.45) is 10.8 Å². The van der Waals surface area contributed by atoms with Crippen LogP contribution < -0.4 is 0 Å². The number of hydrogen-bond acceptors (Lipinski definition) is 5. The van der Waals surface area contributed by atoms with E-state index in [4.69, 9.17) is 5.11 Å². The Kier molecular flexibility index (Phi) is 7.61. The van der Waals surface area contributed by atoms with Gasteiger partial charge < -0.3 is 5.11 Å². The van der Waals surface area contributed by atoms with E-state index >= 15 is 0 Å². The molecule has 0 saturated carbocycles. The molecule has 0 fully saturated rings. The zero-order valence-corrected chi connectivity index (χ0v) is 15.8. The molecule has 0 aliphatic rings. The summed E-state index contributed by atoms with van der Waals surface area (Å²) in [7, 11) is 0. The summed E-state index contributed by atoms with van der Waals surface area (Å²) >= 11 is 0. The van der Waals surface area contributed by atoms with Gasteiger partial charge in [-0.3, -0.25) is 0 Å². The number of aliphatic carboxylic acids is 1. The molecule has 1 N–H and O–H groups in total. The molecule has 0 aliphatic carbocycles. The fraction of sp³-hybridized carbons (Fsp3) is 0.706. The third-order valence-electron chi connectivity index (χ3n) is 4.37. The quantitative estimate of drug-likeness (QED) is 0.271. The van der Waals surface area contributed by atoms with Crippen molar-refractivity contribution in [3.8, 4) is 0 Å². The number of carboxylic acids is 1. The molecule has 27 heavy (non-hydrogen) atoms. The minimum atomic E-state index is -4.10. The van der Waals surface area contributed by atoms with Gasteiger partial charge in [0, 0.05) is 16.4 Å². The summed E-state index contributed by atoms with van der Waals surface area (Å²) in [6, 6.07) is 0. The molecular formula is C17H24F4O6. The van der Waals surface area contributed by atoms with Crippen LogP contribution in [0.2, 0.25) is 0 Å². The monoisotopic (exact) mass is 400 g/mol. The highest BCUT2D eigenvalue weighted by molar-refractivity contribution is 5.87. The third kappa shape index (κ3) is 5.67. The van der Waals surface area contributed by atoms with Crippen LogP contribution in [-0.2, 0) is 24.2 Å². The fourth-order valence-corrected chi connectivity index (χ4v) is 2.05. The Bertz CT molecular complexity index is 611. The minimum absolute atomic E-state index is 0.174. The van der Waals surface area contributed by atoms with Crippen LogP contribution >= 0.6 is 0 Å². The van der Waals surface area contributed by atoms with Gasteiger partial charge in [-0.25, -0.2) is 24.2 Å². The highest BCUT2D eigenvalue weighted by atomic mass is 19.3. The lowest BCUT2D eigenvalue weighted by molar-refractivity contribution is -0.279. The summed E-state index contributed by atoms with van der Waals surface area (Å²) in [5, 5.41) is 8.60. The molecule has 10 heteroatoms. The van der Waals surface area contributed by atoms with E-state index < -0.39 is 47.0 Å². The van der Waals surface area contributed by atoms with Crippen molar-refractivity contribution in [1.29, 1.82) is 0 Å². The van der Waals surface area contributed by atoms with Gasteiger partial charge >= 0.3 is 29.8 Å². The van der Waals surface area contributed by atoms with Crippen molar-refractivity contribution in [3.05, 3.63) is 12.2 Å². The highest BCUT2D eigenvalue weighted by Crippen LogP contribution is 2.45. The van der Waals surface area contributed by atoms with Crippen molar-refractivity contribution < 1.29 is 46.8 Å². The Morgan fingerprint density at radius 1 is 0.889 bits per heavy atom. The lowest BCUT2D eigenvalue weighted by Gasteiger charge is -2.34. The zero-order valence-electron chi connectivity index (χ0n) is 15.8. The minimum Gasteiger partial charge on any atom is -0.477 e. The molecule has 0 unspecified atom stereocenters. The maximum atomic E-state index is 14.3. The van der Waals surface area contributed by atoms with Crippen LogP contribution in [0.5, 0.6) is 0 Å². The second-order valence-electron chi connectivity index (χ2n) is 7.60. The molecule has 0 aliphatic heterocycles. The zero-order chi connectivity index (χ0) is 21.8. The van der Waals surface area contributed by atoms with E-state index in [0.29, 0.717) is 0 Å². The summed E-state index contributed by atoms with van der Waals surface area (Å²) in [4.78, 5) is 41.1. The van der Waals surface area contributed by atoms with Gasteiger partial charge in [0.2, 0.25) is 0 Å². The first-order valence-electron chi connectivity index (χ1n) is 7.98. The number of carbonyl (C=O) groups excluding carboxylic acids is 2. The number of halogens is 4. The fourth-order valence-electron chi connectivity index (χ4n) is 2.05. The van der Waals surface area contributed by atoms with Crippen molar-refractivity contribution in [3.63, 3.8) is 0 Å². The van der Waals surface area contributed by atoms with Crippen molar-refractivity contribution in [2.75, 3.05) is 0 Å². The second-order valence-corrected chi connectivity index (χ2v) is 7.60.